The lowest BCUT2D eigenvalue weighted by Gasteiger charge is -2.08. The molecule has 0 radical (unpaired) electrons. The number of aliphatic hydroxyl groups excluding tert-OH is 1. The molecule has 5 nitrogen and oxygen atoms in total. The normalized spacial score (nSPS) is 13.8. The molecule has 0 bridgehead atoms. The minimum Gasteiger partial charge on any atom is -0.392 e. The summed E-state index contributed by atoms with van der Waals surface area (Å²) in [5.41, 5.74) is 0. The van der Waals surface area contributed by atoms with Crippen LogP contribution in [0.5, 0.6) is 0 Å². The molecule has 2 N–H and O–H groups in total. The van der Waals surface area contributed by atoms with Crippen molar-refractivity contribution < 1.29 is 18.3 Å². The summed E-state index contributed by atoms with van der Waals surface area (Å²) in [4.78, 5) is 9.79. The Morgan fingerprint density at radius 1 is 1.58 bits per heavy atom. The van der Waals surface area contributed by atoms with Crippen LogP contribution in [0.2, 0.25) is 0 Å². The predicted octanol–water partition coefficient (Wildman–Crippen LogP) is -0.777. The molecule has 6 heteroatoms. The average Bonchev–Trinajstić information content (AvgIpc) is 1.85. The van der Waals surface area contributed by atoms with Gasteiger partial charge in [-0.25, -0.2) is 8.42 Å². The first-order chi connectivity index (χ1) is 5.52. The molecule has 0 aromatic rings. The van der Waals surface area contributed by atoms with E-state index < -0.39 is 21.9 Å². The number of rotatable bonds is 6. The molecule has 0 aliphatic heterocycles. The molecule has 0 saturated heterocycles. The van der Waals surface area contributed by atoms with Crippen LogP contribution in [0.1, 0.15) is 19.8 Å². The molecule has 1 unspecified atom stereocenters. The van der Waals surface area contributed by atoms with E-state index >= 15 is 0 Å². The highest BCUT2D eigenvalue weighted by atomic mass is 32.2. The highest BCUT2D eigenvalue weighted by molar-refractivity contribution is 7.90. The van der Waals surface area contributed by atoms with Gasteiger partial charge in [-0.2, -0.15) is 0 Å². The lowest BCUT2D eigenvalue weighted by atomic mass is 10.2. The van der Waals surface area contributed by atoms with Crippen molar-refractivity contribution in [1.82, 2.24) is 4.72 Å². The molecule has 12 heavy (non-hydrogen) atoms. The minimum atomic E-state index is -3.62. The van der Waals surface area contributed by atoms with Crippen LogP contribution in [0, 0.1) is 0 Å². The number of aliphatic hydroxyl groups is 1. The van der Waals surface area contributed by atoms with Gasteiger partial charge in [0.05, 0.1) is 11.9 Å². The fraction of sp³-hybridized carbons (Fsp3) is 0.833. The third-order valence-electron chi connectivity index (χ3n) is 1.26. The Balaban J connectivity index is 3.97. The summed E-state index contributed by atoms with van der Waals surface area (Å²) in [6.07, 6.45) is 0.318. The molecular weight excluding hydrogens is 182 g/mol. The van der Waals surface area contributed by atoms with Crippen molar-refractivity contribution in [3.63, 3.8) is 0 Å². The van der Waals surface area contributed by atoms with E-state index in [0.29, 0.717) is 12.8 Å². The average molecular weight is 195 g/mol. The van der Waals surface area contributed by atoms with Crippen molar-refractivity contribution in [2.75, 3.05) is 5.75 Å². The van der Waals surface area contributed by atoms with E-state index in [2.05, 4.69) is 0 Å². The van der Waals surface area contributed by atoms with E-state index in [-0.39, 0.29) is 6.41 Å². The van der Waals surface area contributed by atoms with E-state index in [9.17, 15) is 13.2 Å². The molecule has 0 aliphatic carbocycles. The van der Waals surface area contributed by atoms with Gasteiger partial charge >= 0.3 is 0 Å². The molecule has 0 saturated carbocycles. The van der Waals surface area contributed by atoms with Gasteiger partial charge in [-0.3, -0.25) is 9.52 Å². The fourth-order valence-electron chi connectivity index (χ4n) is 0.791. The summed E-state index contributed by atoms with van der Waals surface area (Å²) < 4.78 is 23.3. The van der Waals surface area contributed by atoms with E-state index in [0.717, 1.165) is 0 Å². The quantitative estimate of drug-likeness (QED) is 0.545. The number of hydrogen-bond acceptors (Lipinski definition) is 4. The number of sulfonamides is 1. The van der Waals surface area contributed by atoms with Crippen molar-refractivity contribution in [1.29, 1.82) is 0 Å². The Morgan fingerprint density at radius 2 is 2.17 bits per heavy atom. The molecule has 0 aromatic carbocycles. The Bertz CT molecular complexity index is 224. The second-order valence-corrected chi connectivity index (χ2v) is 4.26. The molecular formula is C6H13NO4S. The zero-order valence-electron chi connectivity index (χ0n) is 6.86. The van der Waals surface area contributed by atoms with Crippen molar-refractivity contribution in [2.24, 2.45) is 0 Å². The molecule has 72 valence electrons. The van der Waals surface area contributed by atoms with Crippen LogP contribution in [0.15, 0.2) is 0 Å². The lowest BCUT2D eigenvalue weighted by Crippen LogP contribution is -2.31. The van der Waals surface area contributed by atoms with Crippen molar-refractivity contribution >= 4 is 16.4 Å². The lowest BCUT2D eigenvalue weighted by molar-refractivity contribution is -0.108. The van der Waals surface area contributed by atoms with E-state index in [1.807, 2.05) is 6.92 Å². The van der Waals surface area contributed by atoms with Gasteiger partial charge in [-0.05, 0) is 6.42 Å². The largest absolute Gasteiger partial charge is 0.392 e. The standard InChI is InChI=1S/C6H13NO4S/c1-2-3-6(9)4-12(10,11)7-5-8/h5-6,9H,2-4H2,1H3,(H,7,8). The summed E-state index contributed by atoms with van der Waals surface area (Å²) in [6.45, 7) is 1.84. The Labute approximate surface area is 71.8 Å². The van der Waals surface area contributed by atoms with Crippen LogP contribution >= 0.6 is 0 Å². The Morgan fingerprint density at radius 3 is 2.58 bits per heavy atom. The summed E-state index contributed by atoms with van der Waals surface area (Å²) in [6, 6.07) is 0. The predicted molar refractivity (Wildman–Crippen MR) is 43.9 cm³/mol. The third-order valence-corrected chi connectivity index (χ3v) is 2.54. The number of carbonyl (C=O) groups excluding carboxylic acids is 1. The number of nitrogens with one attached hydrogen (secondary N) is 1. The van der Waals surface area contributed by atoms with Crippen molar-refractivity contribution in [3.8, 4) is 0 Å². The number of carbonyl (C=O) groups is 1. The summed E-state index contributed by atoms with van der Waals surface area (Å²) >= 11 is 0. The highest BCUT2D eigenvalue weighted by Crippen LogP contribution is 1.98. The van der Waals surface area contributed by atoms with Crippen LogP contribution in [0.3, 0.4) is 0 Å². The van der Waals surface area contributed by atoms with Gasteiger partial charge in [0.25, 0.3) is 0 Å². The summed E-state index contributed by atoms with van der Waals surface area (Å²) in [5, 5.41) is 9.08. The molecule has 0 aliphatic rings. The van der Waals surface area contributed by atoms with Crippen molar-refractivity contribution in [2.45, 2.75) is 25.9 Å². The zero-order valence-corrected chi connectivity index (χ0v) is 7.67. The van der Waals surface area contributed by atoms with Gasteiger partial charge in [-0.1, -0.05) is 13.3 Å². The Hall–Kier alpha value is -0.620. The van der Waals surface area contributed by atoms with Gasteiger partial charge in [0.15, 0.2) is 0 Å². The maximum Gasteiger partial charge on any atom is 0.237 e. The highest BCUT2D eigenvalue weighted by Gasteiger charge is 2.14. The number of amides is 1. The minimum absolute atomic E-state index is 0.0913. The maximum absolute atomic E-state index is 10.8. The van der Waals surface area contributed by atoms with Crippen LogP contribution in [-0.4, -0.2) is 31.8 Å². The van der Waals surface area contributed by atoms with E-state index in [1.165, 1.54) is 0 Å². The third kappa shape index (κ3) is 5.09. The summed E-state index contributed by atoms with van der Waals surface area (Å²) in [7, 11) is -3.62. The van der Waals surface area contributed by atoms with E-state index in [4.69, 9.17) is 5.11 Å². The molecule has 0 heterocycles. The van der Waals surface area contributed by atoms with Crippen LogP contribution in [-0.2, 0) is 14.8 Å². The second-order valence-electron chi connectivity index (χ2n) is 2.46. The molecule has 0 rings (SSSR count). The van der Waals surface area contributed by atoms with Crippen LogP contribution < -0.4 is 4.72 Å². The van der Waals surface area contributed by atoms with Gasteiger partial charge in [0, 0.05) is 0 Å². The van der Waals surface area contributed by atoms with E-state index in [1.54, 1.807) is 4.72 Å². The van der Waals surface area contributed by atoms with Crippen LogP contribution in [0.4, 0.5) is 0 Å². The number of hydrogen-bond donors (Lipinski definition) is 2. The first-order valence-electron chi connectivity index (χ1n) is 3.63. The van der Waals surface area contributed by atoms with Crippen molar-refractivity contribution in [3.05, 3.63) is 0 Å². The van der Waals surface area contributed by atoms with Gasteiger partial charge in [0.2, 0.25) is 16.4 Å². The first kappa shape index (κ1) is 11.4. The smallest absolute Gasteiger partial charge is 0.237 e. The second kappa shape index (κ2) is 5.10. The van der Waals surface area contributed by atoms with Gasteiger partial charge < -0.3 is 5.11 Å². The monoisotopic (exact) mass is 195 g/mol. The fourth-order valence-corrected chi connectivity index (χ4v) is 1.71. The topological polar surface area (TPSA) is 83.5 Å². The van der Waals surface area contributed by atoms with Gasteiger partial charge in [0.1, 0.15) is 0 Å². The SMILES string of the molecule is CCCC(O)CS(=O)(=O)NC=O. The molecule has 0 aromatic heterocycles. The summed E-state index contributed by atoms with van der Waals surface area (Å²) in [5.74, 6) is -0.417. The van der Waals surface area contributed by atoms with Gasteiger partial charge in [-0.15, -0.1) is 0 Å². The zero-order chi connectivity index (χ0) is 9.61. The molecule has 1 amide bonds. The molecule has 0 spiro atoms. The first-order valence-corrected chi connectivity index (χ1v) is 5.28. The maximum atomic E-state index is 10.8. The molecule has 0 fully saturated rings. The van der Waals surface area contributed by atoms with Crippen LogP contribution in [0.25, 0.3) is 0 Å². The molecule has 1 atom stereocenters. The Kier molecular flexibility index (Phi) is 4.84.